The molecule has 1 aromatic carbocycles. The average Bonchev–Trinajstić information content (AvgIpc) is 2.99. The molecule has 0 radical (unpaired) electrons. The summed E-state index contributed by atoms with van der Waals surface area (Å²) in [5.41, 5.74) is 2.78. The normalized spacial score (nSPS) is 11.5. The highest BCUT2D eigenvalue weighted by molar-refractivity contribution is 6.32. The van der Waals surface area contributed by atoms with Crippen molar-refractivity contribution in [3.63, 3.8) is 0 Å². The van der Waals surface area contributed by atoms with Crippen LogP contribution in [0.15, 0.2) is 35.4 Å². The predicted molar refractivity (Wildman–Crippen MR) is 90.0 cm³/mol. The molecule has 0 amide bonds. The lowest BCUT2D eigenvalue weighted by atomic mass is 10.2. The molecule has 6 nitrogen and oxygen atoms in total. The van der Waals surface area contributed by atoms with E-state index in [2.05, 4.69) is 20.4 Å². The number of hydrogen-bond donors (Lipinski definition) is 0. The highest BCUT2D eigenvalue weighted by atomic mass is 35.5. The van der Waals surface area contributed by atoms with E-state index in [4.69, 9.17) is 11.6 Å². The molecule has 0 saturated heterocycles. The van der Waals surface area contributed by atoms with Crippen LogP contribution in [0.1, 0.15) is 28.5 Å². The summed E-state index contributed by atoms with van der Waals surface area (Å²) in [5.74, 6) is 1.45. The average molecular weight is 329 g/mol. The van der Waals surface area contributed by atoms with Crippen molar-refractivity contribution in [1.29, 1.82) is 0 Å². The molecule has 0 spiro atoms. The summed E-state index contributed by atoms with van der Waals surface area (Å²) in [6, 6.07) is 10.1. The van der Waals surface area contributed by atoms with Crippen LogP contribution < -0.4 is 0 Å². The van der Waals surface area contributed by atoms with Gasteiger partial charge in [0.05, 0.1) is 24.0 Å². The van der Waals surface area contributed by atoms with Crippen LogP contribution in [0, 0.1) is 20.8 Å². The molecule has 2 aromatic heterocycles. The lowest BCUT2D eigenvalue weighted by Crippen LogP contribution is -2.02. The third-order valence-corrected chi connectivity index (χ3v) is 3.94. The van der Waals surface area contributed by atoms with Crippen LogP contribution in [0.2, 0.25) is 5.15 Å². The zero-order valence-corrected chi connectivity index (χ0v) is 14.0. The first-order valence-electron chi connectivity index (χ1n) is 7.26. The zero-order valence-electron chi connectivity index (χ0n) is 13.2. The highest BCUT2D eigenvalue weighted by Crippen LogP contribution is 2.19. The fraction of sp³-hybridized carbons (Fsp3) is 0.250. The fourth-order valence-corrected chi connectivity index (χ4v) is 2.60. The molecular weight excluding hydrogens is 312 g/mol. The van der Waals surface area contributed by atoms with E-state index in [1.807, 2.05) is 51.1 Å². The molecule has 23 heavy (non-hydrogen) atoms. The summed E-state index contributed by atoms with van der Waals surface area (Å²) < 4.78 is 3.45. The van der Waals surface area contributed by atoms with Gasteiger partial charge < -0.3 is 0 Å². The van der Waals surface area contributed by atoms with Crippen LogP contribution >= 0.6 is 11.6 Å². The summed E-state index contributed by atoms with van der Waals surface area (Å²) >= 11 is 6.47. The maximum Gasteiger partial charge on any atom is 0.151 e. The minimum atomic E-state index is 0.568. The second-order valence-corrected chi connectivity index (χ2v) is 5.64. The Balaban J connectivity index is 1.89. The number of benzene rings is 1. The third-order valence-electron chi connectivity index (χ3n) is 3.54. The Labute approximate surface area is 139 Å². The van der Waals surface area contributed by atoms with Gasteiger partial charge in [0.25, 0.3) is 0 Å². The maximum atomic E-state index is 6.47. The van der Waals surface area contributed by atoms with E-state index in [9.17, 15) is 0 Å². The number of nitrogens with zero attached hydrogens (tertiary/aromatic N) is 6. The smallest absolute Gasteiger partial charge is 0.151 e. The minimum absolute atomic E-state index is 0.568. The molecule has 0 bridgehead atoms. The highest BCUT2D eigenvalue weighted by Gasteiger charge is 2.12. The van der Waals surface area contributed by atoms with Crippen LogP contribution in [-0.4, -0.2) is 30.9 Å². The Morgan fingerprint density at radius 3 is 2.39 bits per heavy atom. The van der Waals surface area contributed by atoms with Gasteiger partial charge in [-0.3, -0.25) is 0 Å². The minimum Gasteiger partial charge on any atom is -0.249 e. The zero-order chi connectivity index (χ0) is 16.4. The van der Waals surface area contributed by atoms with Crippen molar-refractivity contribution in [2.45, 2.75) is 27.3 Å². The van der Waals surface area contributed by atoms with Crippen LogP contribution in [0.25, 0.3) is 0 Å². The monoisotopic (exact) mass is 328 g/mol. The van der Waals surface area contributed by atoms with Gasteiger partial charge in [-0.05, 0) is 26.3 Å². The van der Waals surface area contributed by atoms with E-state index in [-0.39, 0.29) is 0 Å². The molecule has 3 aromatic rings. The van der Waals surface area contributed by atoms with Crippen molar-refractivity contribution in [3.05, 3.63) is 64.0 Å². The predicted octanol–water partition coefficient (Wildman–Crippen LogP) is 2.98. The van der Waals surface area contributed by atoms with Gasteiger partial charge in [-0.1, -0.05) is 41.9 Å². The fourth-order valence-electron chi connectivity index (χ4n) is 2.32. The van der Waals surface area contributed by atoms with E-state index < -0.39 is 0 Å². The SMILES string of the molecule is Cc1nn(Cc2ccccc2)c(Cl)c1C=Nn1c(C)nnc1C. The van der Waals surface area contributed by atoms with Crippen molar-refractivity contribution in [3.8, 4) is 0 Å². The van der Waals surface area contributed by atoms with Gasteiger partial charge in [-0.25, -0.2) is 9.36 Å². The Bertz CT molecular complexity index is 828. The first-order valence-corrected chi connectivity index (χ1v) is 7.64. The van der Waals surface area contributed by atoms with Gasteiger partial charge in [0.15, 0.2) is 11.6 Å². The number of rotatable bonds is 4. The molecule has 2 heterocycles. The molecule has 0 unspecified atom stereocenters. The first-order chi connectivity index (χ1) is 11.1. The number of aryl methyl sites for hydroxylation is 3. The van der Waals surface area contributed by atoms with Crippen LogP contribution in [0.3, 0.4) is 0 Å². The lowest BCUT2D eigenvalue weighted by Gasteiger charge is -2.03. The Hall–Kier alpha value is -2.47. The number of aromatic nitrogens is 5. The van der Waals surface area contributed by atoms with Gasteiger partial charge in [-0.15, -0.1) is 10.2 Å². The largest absolute Gasteiger partial charge is 0.249 e. The second-order valence-electron chi connectivity index (χ2n) is 5.28. The lowest BCUT2D eigenvalue weighted by molar-refractivity contribution is 0.680. The quantitative estimate of drug-likeness (QED) is 0.692. The summed E-state index contributed by atoms with van der Waals surface area (Å²) in [5, 5.41) is 17.4. The molecule has 0 atom stereocenters. The molecule has 118 valence electrons. The number of halogens is 1. The van der Waals surface area contributed by atoms with E-state index in [1.165, 1.54) is 0 Å². The van der Waals surface area contributed by atoms with Gasteiger partial charge in [0.1, 0.15) is 5.15 Å². The molecule has 0 saturated carbocycles. The van der Waals surface area contributed by atoms with Crippen LogP contribution in [-0.2, 0) is 6.54 Å². The molecule has 0 N–H and O–H groups in total. The van der Waals surface area contributed by atoms with Gasteiger partial charge in [0, 0.05) is 0 Å². The Morgan fingerprint density at radius 2 is 1.74 bits per heavy atom. The molecule has 0 aliphatic carbocycles. The molecule has 0 aliphatic heterocycles. The molecule has 0 aliphatic rings. The van der Waals surface area contributed by atoms with Gasteiger partial charge in [0.2, 0.25) is 0 Å². The summed E-state index contributed by atoms with van der Waals surface area (Å²) in [4.78, 5) is 0. The van der Waals surface area contributed by atoms with Crippen molar-refractivity contribution in [1.82, 2.24) is 24.7 Å². The molecular formula is C16H17ClN6. The van der Waals surface area contributed by atoms with E-state index in [0.29, 0.717) is 11.7 Å². The summed E-state index contributed by atoms with van der Waals surface area (Å²) in [7, 11) is 0. The van der Waals surface area contributed by atoms with Gasteiger partial charge in [-0.2, -0.15) is 10.2 Å². The Kier molecular flexibility index (Phi) is 4.25. The van der Waals surface area contributed by atoms with E-state index in [1.54, 1.807) is 15.6 Å². The van der Waals surface area contributed by atoms with Crippen molar-refractivity contribution >= 4 is 17.8 Å². The van der Waals surface area contributed by atoms with Crippen molar-refractivity contribution in [2.24, 2.45) is 5.10 Å². The maximum absolute atomic E-state index is 6.47. The van der Waals surface area contributed by atoms with Crippen LogP contribution in [0.4, 0.5) is 0 Å². The van der Waals surface area contributed by atoms with Crippen molar-refractivity contribution < 1.29 is 0 Å². The summed E-state index contributed by atoms with van der Waals surface area (Å²) in [6.07, 6.45) is 1.70. The van der Waals surface area contributed by atoms with Crippen molar-refractivity contribution in [2.75, 3.05) is 0 Å². The summed E-state index contributed by atoms with van der Waals surface area (Å²) in [6.45, 7) is 6.24. The van der Waals surface area contributed by atoms with Crippen LogP contribution in [0.5, 0.6) is 0 Å². The topological polar surface area (TPSA) is 60.9 Å². The molecule has 0 fully saturated rings. The molecule has 3 rings (SSSR count). The standard InChI is InChI=1S/C16H17ClN6/c1-11-15(9-18-23-12(2)19-20-13(23)3)16(17)22(21-11)10-14-7-5-4-6-8-14/h4-9H,10H2,1-3H3. The first kappa shape index (κ1) is 15.4. The number of hydrogen-bond acceptors (Lipinski definition) is 4. The third kappa shape index (κ3) is 3.17. The van der Waals surface area contributed by atoms with E-state index >= 15 is 0 Å². The molecule has 7 heteroatoms. The second kappa shape index (κ2) is 6.34. The van der Waals surface area contributed by atoms with Gasteiger partial charge >= 0.3 is 0 Å². The van der Waals surface area contributed by atoms with E-state index in [0.717, 1.165) is 28.5 Å². The Morgan fingerprint density at radius 1 is 1.09 bits per heavy atom.